The molecule has 0 aliphatic carbocycles. The maximum absolute atomic E-state index is 13.2. The van der Waals surface area contributed by atoms with Crippen LogP contribution in [0.25, 0.3) is 0 Å². The molecule has 0 aromatic rings. The monoisotopic (exact) mass is 341 g/mol. The van der Waals surface area contributed by atoms with Crippen LogP contribution in [0.3, 0.4) is 0 Å². The molecule has 0 radical (unpaired) electrons. The molecule has 0 spiro atoms. The first-order chi connectivity index (χ1) is 11.3. The fraction of sp³-hybridized carbons (Fsp3) is 0.944. The number of amides is 1. The highest BCUT2D eigenvalue weighted by molar-refractivity contribution is 5.82. The molecule has 2 heterocycles. The molecule has 2 aliphatic rings. The summed E-state index contributed by atoms with van der Waals surface area (Å²) in [4.78, 5) is 19.7. The van der Waals surface area contributed by atoms with E-state index in [-0.39, 0.29) is 36.2 Å². The lowest BCUT2D eigenvalue weighted by Crippen LogP contribution is -2.60. The number of hydrogen-bond acceptors (Lipinski definition) is 5. The van der Waals surface area contributed by atoms with Crippen LogP contribution in [-0.4, -0.2) is 95.9 Å². The zero-order valence-electron chi connectivity index (χ0n) is 15.9. The smallest absolute Gasteiger partial charge is 0.240 e. The summed E-state index contributed by atoms with van der Waals surface area (Å²) in [5.41, 5.74) is 0. The topological polar surface area (TPSA) is 56.2 Å². The molecule has 1 N–H and O–H groups in total. The van der Waals surface area contributed by atoms with Gasteiger partial charge in [-0.1, -0.05) is 13.8 Å². The van der Waals surface area contributed by atoms with E-state index in [2.05, 4.69) is 37.5 Å². The average molecular weight is 341 g/mol. The number of hydrogen-bond donors (Lipinski definition) is 1. The SMILES string of the molecule is CC(C)[C@@H](C(=O)N1CCN(C[C@H](C)O)CC1)N1C[C@@H](C)O[C@H](C)C1. The molecular weight excluding hydrogens is 306 g/mol. The van der Waals surface area contributed by atoms with Crippen LogP contribution in [0.4, 0.5) is 0 Å². The molecule has 2 fully saturated rings. The van der Waals surface area contributed by atoms with Crippen molar-refractivity contribution >= 4 is 5.91 Å². The van der Waals surface area contributed by atoms with E-state index in [1.54, 1.807) is 0 Å². The van der Waals surface area contributed by atoms with Crippen molar-refractivity contribution in [1.82, 2.24) is 14.7 Å². The number of β-amino-alcohol motifs (C(OH)–C–C–N with tert-alkyl or cyclic N) is 1. The number of aliphatic hydroxyl groups excluding tert-OH is 1. The first-order valence-corrected chi connectivity index (χ1v) is 9.36. The number of nitrogens with zero attached hydrogens (tertiary/aromatic N) is 3. The molecule has 6 nitrogen and oxygen atoms in total. The Hall–Kier alpha value is -0.690. The summed E-state index contributed by atoms with van der Waals surface area (Å²) >= 11 is 0. The molecule has 0 aromatic carbocycles. The van der Waals surface area contributed by atoms with Gasteiger partial charge in [-0.15, -0.1) is 0 Å². The molecule has 6 heteroatoms. The second-order valence-corrected chi connectivity index (χ2v) is 7.87. The maximum Gasteiger partial charge on any atom is 0.240 e. The van der Waals surface area contributed by atoms with Crippen molar-refractivity contribution in [3.05, 3.63) is 0 Å². The number of ether oxygens (including phenoxy) is 1. The minimum atomic E-state index is -0.313. The van der Waals surface area contributed by atoms with E-state index in [1.807, 2.05) is 11.8 Å². The third-order valence-corrected chi connectivity index (χ3v) is 4.93. The Bertz CT molecular complexity index is 398. The standard InChI is InChI=1S/C18H35N3O3/c1-13(2)17(21-11-15(4)24-16(5)12-21)18(23)20-8-6-19(7-9-20)10-14(3)22/h13-17,22H,6-12H2,1-5H3/t14-,15+,16+,17-/m0/s1. The van der Waals surface area contributed by atoms with Gasteiger partial charge in [-0.3, -0.25) is 14.6 Å². The number of morpholine rings is 1. The highest BCUT2D eigenvalue weighted by Crippen LogP contribution is 2.21. The summed E-state index contributed by atoms with van der Waals surface area (Å²) in [6.07, 6.45) is 0.0309. The van der Waals surface area contributed by atoms with Crippen molar-refractivity contribution in [2.75, 3.05) is 45.8 Å². The Kier molecular flexibility index (Phi) is 7.04. The largest absolute Gasteiger partial charge is 0.392 e. The van der Waals surface area contributed by atoms with E-state index in [0.717, 1.165) is 39.3 Å². The number of rotatable bonds is 5. The Morgan fingerprint density at radius 2 is 1.62 bits per heavy atom. The van der Waals surface area contributed by atoms with Gasteiger partial charge in [0.1, 0.15) is 0 Å². The number of carbonyl (C=O) groups excluding carboxylic acids is 1. The van der Waals surface area contributed by atoms with Gasteiger partial charge in [0.05, 0.1) is 24.4 Å². The van der Waals surface area contributed by atoms with Crippen molar-refractivity contribution < 1.29 is 14.6 Å². The summed E-state index contributed by atoms with van der Waals surface area (Å²) in [5.74, 6) is 0.536. The van der Waals surface area contributed by atoms with Gasteiger partial charge in [0.2, 0.25) is 5.91 Å². The van der Waals surface area contributed by atoms with Crippen LogP contribution >= 0.6 is 0 Å². The Morgan fingerprint density at radius 1 is 1.08 bits per heavy atom. The van der Waals surface area contributed by atoms with Crippen LogP contribution in [0.1, 0.15) is 34.6 Å². The lowest BCUT2D eigenvalue weighted by molar-refractivity contribution is -0.147. The van der Waals surface area contributed by atoms with Gasteiger partial charge in [0.25, 0.3) is 0 Å². The zero-order valence-corrected chi connectivity index (χ0v) is 15.9. The molecule has 1 amide bonds. The average Bonchev–Trinajstić information content (AvgIpc) is 2.46. The van der Waals surface area contributed by atoms with Gasteiger partial charge in [-0.2, -0.15) is 0 Å². The molecule has 0 bridgehead atoms. The van der Waals surface area contributed by atoms with Gasteiger partial charge in [-0.05, 0) is 26.7 Å². The molecule has 140 valence electrons. The number of piperazine rings is 1. The third-order valence-electron chi connectivity index (χ3n) is 4.93. The fourth-order valence-electron chi connectivity index (χ4n) is 4.02. The van der Waals surface area contributed by atoms with E-state index in [9.17, 15) is 9.90 Å². The quantitative estimate of drug-likeness (QED) is 0.796. The molecule has 4 atom stereocenters. The first kappa shape index (κ1) is 19.6. The maximum atomic E-state index is 13.2. The highest BCUT2D eigenvalue weighted by Gasteiger charge is 2.37. The zero-order chi connectivity index (χ0) is 17.9. The van der Waals surface area contributed by atoms with E-state index >= 15 is 0 Å². The molecule has 0 saturated carbocycles. The number of aliphatic hydroxyl groups is 1. The Balaban J connectivity index is 1.97. The first-order valence-electron chi connectivity index (χ1n) is 9.36. The summed E-state index contributed by atoms with van der Waals surface area (Å²) in [5, 5.41) is 9.52. The second-order valence-electron chi connectivity index (χ2n) is 7.87. The predicted molar refractivity (Wildman–Crippen MR) is 94.9 cm³/mol. The minimum absolute atomic E-state index is 0.0675. The molecule has 0 unspecified atom stereocenters. The van der Waals surface area contributed by atoms with Crippen LogP contribution in [0.5, 0.6) is 0 Å². The predicted octanol–water partition coefficient (Wildman–Crippen LogP) is 0.645. The fourth-order valence-corrected chi connectivity index (χ4v) is 4.02. The van der Waals surface area contributed by atoms with E-state index in [1.165, 1.54) is 0 Å². The Labute approximate surface area is 146 Å². The van der Waals surface area contributed by atoms with E-state index in [0.29, 0.717) is 6.54 Å². The van der Waals surface area contributed by atoms with Crippen LogP contribution < -0.4 is 0 Å². The van der Waals surface area contributed by atoms with Crippen molar-refractivity contribution in [3.63, 3.8) is 0 Å². The molecule has 24 heavy (non-hydrogen) atoms. The molecule has 2 aliphatic heterocycles. The normalized spacial score (nSPS) is 29.7. The molecule has 2 saturated heterocycles. The van der Waals surface area contributed by atoms with Crippen molar-refractivity contribution in [1.29, 1.82) is 0 Å². The van der Waals surface area contributed by atoms with Gasteiger partial charge in [-0.25, -0.2) is 0 Å². The van der Waals surface area contributed by atoms with Crippen molar-refractivity contribution in [3.8, 4) is 0 Å². The lowest BCUT2D eigenvalue weighted by Gasteiger charge is -2.44. The minimum Gasteiger partial charge on any atom is -0.392 e. The number of carbonyl (C=O) groups is 1. The third kappa shape index (κ3) is 5.15. The molecule has 0 aromatic heterocycles. The van der Waals surface area contributed by atoms with E-state index < -0.39 is 0 Å². The van der Waals surface area contributed by atoms with Gasteiger partial charge < -0.3 is 14.7 Å². The van der Waals surface area contributed by atoms with Crippen LogP contribution in [0, 0.1) is 5.92 Å². The summed E-state index contributed by atoms with van der Waals surface area (Å²) in [7, 11) is 0. The van der Waals surface area contributed by atoms with Crippen LogP contribution in [0.2, 0.25) is 0 Å². The van der Waals surface area contributed by atoms with Crippen molar-refractivity contribution in [2.45, 2.75) is 59.0 Å². The summed E-state index contributed by atoms with van der Waals surface area (Å²) in [6, 6.07) is -0.0675. The second kappa shape index (κ2) is 8.61. The lowest BCUT2D eigenvalue weighted by atomic mass is 9.98. The molecule has 2 rings (SSSR count). The van der Waals surface area contributed by atoms with Gasteiger partial charge >= 0.3 is 0 Å². The molecular formula is C18H35N3O3. The van der Waals surface area contributed by atoms with Crippen LogP contribution in [-0.2, 0) is 9.53 Å². The van der Waals surface area contributed by atoms with Crippen LogP contribution in [0.15, 0.2) is 0 Å². The Morgan fingerprint density at radius 3 is 2.08 bits per heavy atom. The van der Waals surface area contributed by atoms with Gasteiger partial charge in [0, 0.05) is 45.8 Å². The summed E-state index contributed by atoms with van der Waals surface area (Å²) < 4.78 is 5.83. The van der Waals surface area contributed by atoms with Crippen molar-refractivity contribution in [2.24, 2.45) is 5.92 Å². The van der Waals surface area contributed by atoms with Gasteiger partial charge in [0.15, 0.2) is 0 Å². The summed E-state index contributed by atoms with van der Waals surface area (Å²) in [6.45, 7) is 15.8. The van der Waals surface area contributed by atoms with E-state index in [4.69, 9.17) is 4.74 Å². The highest BCUT2D eigenvalue weighted by atomic mass is 16.5.